The number of nitrogens with two attached hydrogens (primary N) is 1. The van der Waals surface area contributed by atoms with Gasteiger partial charge < -0.3 is 5.73 Å². The molecule has 0 amide bonds. The van der Waals surface area contributed by atoms with Crippen LogP contribution in [0.4, 0.5) is 5.13 Å². The lowest BCUT2D eigenvalue weighted by Crippen LogP contribution is -1.79. The second-order valence-corrected chi connectivity index (χ2v) is 4.28. The molecule has 0 aliphatic carbocycles. The van der Waals surface area contributed by atoms with Crippen LogP contribution < -0.4 is 5.73 Å². The number of thiazole rings is 1. The van der Waals surface area contributed by atoms with Gasteiger partial charge in [0.1, 0.15) is 10.3 Å². The maximum atomic E-state index is 5.51. The van der Waals surface area contributed by atoms with Gasteiger partial charge in [-0.05, 0) is 28.7 Å². The fourth-order valence-corrected chi connectivity index (χ4v) is 1.91. The van der Waals surface area contributed by atoms with Gasteiger partial charge >= 0.3 is 0 Å². The summed E-state index contributed by atoms with van der Waals surface area (Å²) in [6, 6.07) is 1.97. The van der Waals surface area contributed by atoms with Crippen LogP contribution in [0.2, 0.25) is 0 Å². The molecular weight excluding hydrogens is 273 g/mol. The van der Waals surface area contributed by atoms with Crippen LogP contribution >= 0.6 is 33.9 Å². The standard InChI is InChI=1S/C6H4IN3S/c7-3-1-4-5(9-2-3)11-6(8)10-4/h1-2H,(H2,8,10). The van der Waals surface area contributed by atoms with Crippen LogP contribution in [0.25, 0.3) is 10.3 Å². The number of pyridine rings is 1. The van der Waals surface area contributed by atoms with E-state index in [1.165, 1.54) is 11.3 Å². The van der Waals surface area contributed by atoms with E-state index in [0.29, 0.717) is 5.13 Å². The molecule has 11 heavy (non-hydrogen) atoms. The molecule has 56 valence electrons. The van der Waals surface area contributed by atoms with E-state index in [9.17, 15) is 0 Å². The first-order valence-electron chi connectivity index (χ1n) is 2.93. The monoisotopic (exact) mass is 277 g/mol. The highest BCUT2D eigenvalue weighted by Gasteiger charge is 2.00. The SMILES string of the molecule is Nc1nc2cc(I)cnc2s1. The number of hydrogen-bond donors (Lipinski definition) is 1. The zero-order valence-electron chi connectivity index (χ0n) is 5.41. The molecular formula is C6H4IN3S. The van der Waals surface area contributed by atoms with Gasteiger partial charge in [0.2, 0.25) is 0 Å². The van der Waals surface area contributed by atoms with Gasteiger partial charge in [-0.1, -0.05) is 11.3 Å². The van der Waals surface area contributed by atoms with Crippen molar-refractivity contribution in [3.63, 3.8) is 0 Å². The van der Waals surface area contributed by atoms with Gasteiger partial charge in [0.15, 0.2) is 5.13 Å². The van der Waals surface area contributed by atoms with Crippen LogP contribution in [0.1, 0.15) is 0 Å². The summed E-state index contributed by atoms with van der Waals surface area (Å²) >= 11 is 3.61. The minimum absolute atomic E-state index is 0.578. The van der Waals surface area contributed by atoms with E-state index < -0.39 is 0 Å². The number of aromatic nitrogens is 2. The van der Waals surface area contributed by atoms with Gasteiger partial charge in [-0.15, -0.1) is 0 Å². The number of halogens is 1. The van der Waals surface area contributed by atoms with Crippen molar-refractivity contribution in [2.45, 2.75) is 0 Å². The summed E-state index contributed by atoms with van der Waals surface area (Å²) in [6.45, 7) is 0. The Morgan fingerprint density at radius 3 is 3.18 bits per heavy atom. The number of fused-ring (bicyclic) bond motifs is 1. The van der Waals surface area contributed by atoms with Crippen molar-refractivity contribution < 1.29 is 0 Å². The molecule has 3 nitrogen and oxygen atoms in total. The first kappa shape index (κ1) is 7.23. The van der Waals surface area contributed by atoms with Gasteiger partial charge in [-0.2, -0.15) is 0 Å². The van der Waals surface area contributed by atoms with Crippen LogP contribution in [0, 0.1) is 3.57 Å². The van der Waals surface area contributed by atoms with Crippen molar-refractivity contribution in [3.8, 4) is 0 Å². The van der Waals surface area contributed by atoms with Crippen molar-refractivity contribution in [3.05, 3.63) is 15.8 Å². The minimum atomic E-state index is 0.578. The first-order chi connectivity index (χ1) is 5.25. The molecule has 0 bridgehead atoms. The van der Waals surface area contributed by atoms with Gasteiger partial charge in [-0.3, -0.25) is 0 Å². The summed E-state index contributed by atoms with van der Waals surface area (Å²) in [5, 5.41) is 0.578. The molecule has 2 N–H and O–H groups in total. The Kier molecular flexibility index (Phi) is 1.68. The topological polar surface area (TPSA) is 51.8 Å². The molecule has 2 rings (SSSR count). The van der Waals surface area contributed by atoms with E-state index in [1.807, 2.05) is 6.07 Å². The maximum absolute atomic E-state index is 5.51. The fraction of sp³-hybridized carbons (Fsp3) is 0. The summed E-state index contributed by atoms with van der Waals surface area (Å²) < 4.78 is 1.08. The van der Waals surface area contributed by atoms with Gasteiger partial charge in [-0.25, -0.2) is 9.97 Å². The maximum Gasteiger partial charge on any atom is 0.182 e. The summed E-state index contributed by atoms with van der Waals surface area (Å²) in [6.07, 6.45) is 1.81. The van der Waals surface area contributed by atoms with Gasteiger partial charge in [0.25, 0.3) is 0 Å². The molecule has 0 saturated heterocycles. The summed E-state index contributed by atoms with van der Waals surface area (Å²) in [5.74, 6) is 0. The number of rotatable bonds is 0. The Morgan fingerprint density at radius 1 is 1.55 bits per heavy atom. The fourth-order valence-electron chi connectivity index (χ4n) is 0.815. The second-order valence-electron chi connectivity index (χ2n) is 2.03. The highest BCUT2D eigenvalue weighted by atomic mass is 127. The zero-order valence-corrected chi connectivity index (χ0v) is 8.39. The quantitative estimate of drug-likeness (QED) is 0.748. The Morgan fingerprint density at radius 2 is 2.36 bits per heavy atom. The lowest BCUT2D eigenvalue weighted by atomic mass is 10.5. The third-order valence-electron chi connectivity index (χ3n) is 1.23. The normalized spacial score (nSPS) is 10.6. The van der Waals surface area contributed by atoms with Crippen molar-refractivity contribution in [1.29, 1.82) is 0 Å². The van der Waals surface area contributed by atoms with Crippen molar-refractivity contribution >= 4 is 49.4 Å². The first-order valence-corrected chi connectivity index (χ1v) is 4.83. The van der Waals surface area contributed by atoms with E-state index >= 15 is 0 Å². The third-order valence-corrected chi connectivity index (χ3v) is 2.63. The second kappa shape index (κ2) is 2.56. The number of hydrogen-bond acceptors (Lipinski definition) is 4. The van der Waals surface area contributed by atoms with Crippen molar-refractivity contribution in [2.75, 3.05) is 5.73 Å². The van der Waals surface area contributed by atoms with E-state index in [-0.39, 0.29) is 0 Å². The van der Waals surface area contributed by atoms with E-state index in [0.717, 1.165) is 13.9 Å². The largest absolute Gasteiger partial charge is 0.375 e. The molecule has 0 saturated carbocycles. The summed E-state index contributed by atoms with van der Waals surface area (Å²) in [7, 11) is 0. The molecule has 0 unspecified atom stereocenters. The van der Waals surface area contributed by atoms with Crippen LogP contribution in [0.5, 0.6) is 0 Å². The van der Waals surface area contributed by atoms with Crippen molar-refractivity contribution in [2.24, 2.45) is 0 Å². The minimum Gasteiger partial charge on any atom is -0.375 e. The highest BCUT2D eigenvalue weighted by Crippen LogP contribution is 2.22. The molecule has 0 radical (unpaired) electrons. The zero-order chi connectivity index (χ0) is 7.84. The number of anilines is 1. The molecule has 0 fully saturated rings. The van der Waals surface area contributed by atoms with Crippen LogP contribution in [0.15, 0.2) is 12.3 Å². The van der Waals surface area contributed by atoms with Crippen LogP contribution in [0.3, 0.4) is 0 Å². The summed E-state index contributed by atoms with van der Waals surface area (Å²) in [5.41, 5.74) is 6.39. The smallest absolute Gasteiger partial charge is 0.182 e. The van der Waals surface area contributed by atoms with Gasteiger partial charge in [0.05, 0.1) is 0 Å². The number of nitrogen functional groups attached to an aromatic ring is 1. The number of nitrogens with zero attached hydrogens (tertiary/aromatic N) is 2. The molecule has 0 aromatic carbocycles. The molecule has 0 aliphatic rings. The molecule has 2 aromatic heterocycles. The van der Waals surface area contributed by atoms with Crippen LogP contribution in [-0.4, -0.2) is 9.97 Å². The Balaban J connectivity index is 2.82. The predicted molar refractivity (Wildman–Crippen MR) is 54.5 cm³/mol. The summed E-state index contributed by atoms with van der Waals surface area (Å²) in [4.78, 5) is 9.18. The lowest BCUT2D eigenvalue weighted by Gasteiger charge is -1.86. The van der Waals surface area contributed by atoms with E-state index in [4.69, 9.17) is 5.73 Å². The van der Waals surface area contributed by atoms with Crippen LogP contribution in [-0.2, 0) is 0 Å². The van der Waals surface area contributed by atoms with E-state index in [2.05, 4.69) is 32.6 Å². The Hall–Kier alpha value is -0.430. The van der Waals surface area contributed by atoms with Crippen molar-refractivity contribution in [1.82, 2.24) is 9.97 Å². The average Bonchev–Trinajstić information content (AvgIpc) is 2.27. The predicted octanol–water partition coefficient (Wildman–Crippen LogP) is 1.88. The Labute approximate surface area is 80.8 Å². The molecule has 0 spiro atoms. The molecule has 0 atom stereocenters. The lowest BCUT2D eigenvalue weighted by molar-refractivity contribution is 1.38. The molecule has 0 aliphatic heterocycles. The molecule has 5 heteroatoms. The third kappa shape index (κ3) is 1.30. The molecule has 2 aromatic rings. The average molecular weight is 277 g/mol. The van der Waals surface area contributed by atoms with E-state index in [1.54, 1.807) is 6.20 Å². The molecule has 2 heterocycles. The van der Waals surface area contributed by atoms with Gasteiger partial charge in [0, 0.05) is 9.77 Å². The Bertz CT molecular complexity index is 398. The highest BCUT2D eigenvalue weighted by molar-refractivity contribution is 14.1.